The highest BCUT2D eigenvalue weighted by molar-refractivity contribution is 7.89. The molecule has 0 radical (unpaired) electrons. The van der Waals surface area contributed by atoms with Gasteiger partial charge >= 0.3 is 0 Å². The Morgan fingerprint density at radius 1 is 1.12 bits per heavy atom. The van der Waals surface area contributed by atoms with Crippen molar-refractivity contribution in [1.29, 1.82) is 0 Å². The minimum Gasteiger partial charge on any atom is -0.495 e. The smallest absolute Gasteiger partial charge is 0.255 e. The maximum Gasteiger partial charge on any atom is 0.255 e. The lowest BCUT2D eigenvalue weighted by atomic mass is 9.94. The molecular weight excluding hydrogens is 428 g/mol. The van der Waals surface area contributed by atoms with Crippen LogP contribution in [0.4, 0.5) is 5.69 Å². The Morgan fingerprint density at radius 3 is 2.25 bits per heavy atom. The van der Waals surface area contributed by atoms with Gasteiger partial charge in [0.25, 0.3) is 5.91 Å². The van der Waals surface area contributed by atoms with Gasteiger partial charge in [0.15, 0.2) is 0 Å². The number of nitrogens with zero attached hydrogens (tertiary/aromatic N) is 3. The van der Waals surface area contributed by atoms with Crippen LogP contribution < -0.4 is 10.1 Å². The van der Waals surface area contributed by atoms with E-state index in [1.54, 1.807) is 18.5 Å². The van der Waals surface area contributed by atoms with E-state index in [2.05, 4.69) is 15.3 Å². The zero-order valence-corrected chi connectivity index (χ0v) is 20.4. The standard InChI is InChI=1S/C23H32N4O4S/c1-15-9-16(2)14-27(13-15)32(29,30)20-10-17(7-8-19(20)31-6)21(28)26-18-11-24-22(25-12-18)23(3,4)5/h7-8,10-12,15-16H,9,13-14H2,1-6H3,(H,26,28). The van der Waals surface area contributed by atoms with Crippen LogP contribution in [0.2, 0.25) is 0 Å². The highest BCUT2D eigenvalue weighted by atomic mass is 32.2. The van der Waals surface area contributed by atoms with Gasteiger partial charge < -0.3 is 10.1 Å². The van der Waals surface area contributed by atoms with E-state index in [-0.39, 0.29) is 33.5 Å². The Labute approximate surface area is 190 Å². The van der Waals surface area contributed by atoms with E-state index in [4.69, 9.17) is 4.74 Å². The van der Waals surface area contributed by atoms with Gasteiger partial charge in [0.05, 0.1) is 25.2 Å². The Hall–Kier alpha value is -2.52. The molecule has 1 N–H and O–H groups in total. The van der Waals surface area contributed by atoms with Crippen LogP contribution in [0.3, 0.4) is 0 Å². The molecule has 1 amide bonds. The summed E-state index contributed by atoms with van der Waals surface area (Å²) in [5.74, 6) is 0.962. The molecule has 2 heterocycles. The predicted molar refractivity (Wildman–Crippen MR) is 123 cm³/mol. The Bertz CT molecular complexity index is 1070. The van der Waals surface area contributed by atoms with Crippen molar-refractivity contribution in [3.8, 4) is 5.75 Å². The van der Waals surface area contributed by atoms with Gasteiger partial charge in [-0.15, -0.1) is 0 Å². The molecule has 2 aromatic rings. The summed E-state index contributed by atoms with van der Waals surface area (Å²) in [5.41, 5.74) is 0.440. The van der Waals surface area contributed by atoms with Crippen molar-refractivity contribution in [2.24, 2.45) is 11.8 Å². The van der Waals surface area contributed by atoms with E-state index in [1.807, 2.05) is 34.6 Å². The number of methoxy groups -OCH3 is 1. The quantitative estimate of drug-likeness (QED) is 0.730. The summed E-state index contributed by atoms with van der Waals surface area (Å²) < 4.78 is 33.6. The lowest BCUT2D eigenvalue weighted by molar-refractivity contribution is 0.102. The van der Waals surface area contributed by atoms with Crippen molar-refractivity contribution in [3.63, 3.8) is 0 Å². The molecule has 2 unspecified atom stereocenters. The van der Waals surface area contributed by atoms with Gasteiger partial charge in [0.1, 0.15) is 16.5 Å². The number of benzene rings is 1. The molecule has 1 aliphatic heterocycles. The Morgan fingerprint density at radius 2 is 1.72 bits per heavy atom. The summed E-state index contributed by atoms with van der Waals surface area (Å²) in [4.78, 5) is 21.4. The number of carbonyl (C=O) groups excluding carboxylic acids is 1. The minimum atomic E-state index is -3.82. The third-order valence-electron chi connectivity index (χ3n) is 5.46. The maximum absolute atomic E-state index is 13.4. The van der Waals surface area contributed by atoms with E-state index in [1.165, 1.54) is 23.5 Å². The summed E-state index contributed by atoms with van der Waals surface area (Å²) >= 11 is 0. The molecule has 3 rings (SSSR count). The molecule has 1 aliphatic rings. The van der Waals surface area contributed by atoms with Gasteiger partial charge in [-0.3, -0.25) is 4.79 Å². The number of aromatic nitrogens is 2. The van der Waals surface area contributed by atoms with Crippen molar-refractivity contribution >= 4 is 21.6 Å². The topological polar surface area (TPSA) is 101 Å². The first-order valence-electron chi connectivity index (χ1n) is 10.7. The van der Waals surface area contributed by atoms with Crippen molar-refractivity contribution in [2.45, 2.75) is 51.3 Å². The molecular formula is C23H32N4O4S. The van der Waals surface area contributed by atoms with Crippen molar-refractivity contribution in [2.75, 3.05) is 25.5 Å². The molecule has 2 atom stereocenters. The van der Waals surface area contributed by atoms with Gasteiger partial charge in [-0.2, -0.15) is 4.31 Å². The SMILES string of the molecule is COc1ccc(C(=O)Nc2cnc(C(C)(C)C)nc2)cc1S(=O)(=O)N1CC(C)CC(C)C1. The van der Waals surface area contributed by atoms with Crippen molar-refractivity contribution < 1.29 is 17.9 Å². The lowest BCUT2D eigenvalue weighted by Crippen LogP contribution is -2.42. The molecule has 0 bridgehead atoms. The van der Waals surface area contributed by atoms with E-state index in [0.717, 1.165) is 6.42 Å². The highest BCUT2D eigenvalue weighted by Gasteiger charge is 2.34. The fraction of sp³-hybridized carbons (Fsp3) is 0.522. The molecule has 1 fully saturated rings. The van der Waals surface area contributed by atoms with E-state index in [9.17, 15) is 13.2 Å². The number of hydrogen-bond donors (Lipinski definition) is 1. The van der Waals surface area contributed by atoms with Gasteiger partial charge in [-0.25, -0.2) is 18.4 Å². The Kier molecular flexibility index (Phi) is 6.90. The molecule has 9 heteroatoms. The van der Waals surface area contributed by atoms with E-state index >= 15 is 0 Å². The number of piperidine rings is 1. The fourth-order valence-corrected chi connectivity index (χ4v) is 5.80. The van der Waals surface area contributed by atoms with E-state index in [0.29, 0.717) is 24.6 Å². The van der Waals surface area contributed by atoms with Crippen LogP contribution >= 0.6 is 0 Å². The molecule has 32 heavy (non-hydrogen) atoms. The van der Waals surface area contributed by atoms with Crippen LogP contribution in [0, 0.1) is 11.8 Å². The summed E-state index contributed by atoms with van der Waals surface area (Å²) in [5, 5.41) is 2.73. The number of nitrogens with one attached hydrogen (secondary N) is 1. The molecule has 0 spiro atoms. The zero-order chi connectivity index (χ0) is 23.7. The first kappa shape index (κ1) is 24.1. The number of amides is 1. The van der Waals surface area contributed by atoms with Gasteiger partial charge in [0, 0.05) is 24.1 Å². The third kappa shape index (κ3) is 5.27. The minimum absolute atomic E-state index is 0.00622. The molecule has 0 aliphatic carbocycles. The van der Waals surface area contributed by atoms with Crippen molar-refractivity contribution in [1.82, 2.24) is 14.3 Å². The second-order valence-electron chi connectivity index (χ2n) is 9.63. The third-order valence-corrected chi connectivity index (χ3v) is 7.31. The van der Waals surface area contributed by atoms with Crippen LogP contribution in [0.1, 0.15) is 57.2 Å². The monoisotopic (exact) mass is 460 g/mol. The molecule has 8 nitrogen and oxygen atoms in total. The first-order valence-corrected chi connectivity index (χ1v) is 12.2. The van der Waals surface area contributed by atoms with Gasteiger partial charge in [-0.1, -0.05) is 34.6 Å². The van der Waals surface area contributed by atoms with Crippen LogP contribution in [-0.2, 0) is 15.4 Å². The number of rotatable bonds is 5. The second kappa shape index (κ2) is 9.15. The summed E-state index contributed by atoms with van der Waals surface area (Å²) in [6.45, 7) is 11.0. The molecule has 1 aromatic carbocycles. The summed E-state index contributed by atoms with van der Waals surface area (Å²) in [6.07, 6.45) is 4.08. The number of ether oxygens (including phenoxy) is 1. The molecule has 1 aromatic heterocycles. The lowest BCUT2D eigenvalue weighted by Gasteiger charge is -2.34. The predicted octanol–water partition coefficient (Wildman–Crippen LogP) is 3.70. The van der Waals surface area contributed by atoms with Gasteiger partial charge in [-0.05, 0) is 36.5 Å². The first-order chi connectivity index (χ1) is 14.9. The number of sulfonamides is 1. The van der Waals surface area contributed by atoms with Crippen LogP contribution in [0.5, 0.6) is 5.75 Å². The largest absolute Gasteiger partial charge is 0.495 e. The molecule has 0 saturated carbocycles. The summed E-state index contributed by atoms with van der Waals surface area (Å²) in [6, 6.07) is 4.43. The van der Waals surface area contributed by atoms with Crippen LogP contribution in [0.15, 0.2) is 35.5 Å². The zero-order valence-electron chi connectivity index (χ0n) is 19.5. The number of carbonyl (C=O) groups is 1. The van der Waals surface area contributed by atoms with Crippen LogP contribution in [0.25, 0.3) is 0 Å². The number of anilines is 1. The highest BCUT2D eigenvalue weighted by Crippen LogP contribution is 2.32. The second-order valence-corrected chi connectivity index (χ2v) is 11.5. The van der Waals surface area contributed by atoms with Gasteiger partial charge in [0.2, 0.25) is 10.0 Å². The maximum atomic E-state index is 13.4. The average molecular weight is 461 g/mol. The normalized spacial score (nSPS) is 20.1. The van der Waals surface area contributed by atoms with E-state index < -0.39 is 15.9 Å². The summed E-state index contributed by atoms with van der Waals surface area (Å²) in [7, 11) is -2.40. The van der Waals surface area contributed by atoms with Crippen molar-refractivity contribution in [3.05, 3.63) is 42.0 Å². The molecule has 1 saturated heterocycles. The fourth-order valence-electron chi connectivity index (χ4n) is 3.94. The van der Waals surface area contributed by atoms with Crippen LogP contribution in [-0.4, -0.2) is 48.8 Å². The Balaban J connectivity index is 1.88. The number of hydrogen-bond acceptors (Lipinski definition) is 6. The average Bonchev–Trinajstić information content (AvgIpc) is 2.72. The molecule has 174 valence electrons.